The molecule has 1 amide bonds. The molecule has 1 saturated carbocycles. The van der Waals surface area contributed by atoms with Crippen LogP contribution in [0, 0.1) is 23.7 Å². The van der Waals surface area contributed by atoms with Crippen molar-refractivity contribution in [2.24, 2.45) is 23.7 Å². The molecular weight excluding hydrogens is 282 g/mol. The Morgan fingerprint density at radius 3 is 2.18 bits per heavy atom. The van der Waals surface area contributed by atoms with Gasteiger partial charge < -0.3 is 15.2 Å². The second kappa shape index (κ2) is 5.83. The highest BCUT2D eigenvalue weighted by Crippen LogP contribution is 2.45. The number of methoxy groups -OCH3 is 1. The van der Waals surface area contributed by atoms with Gasteiger partial charge in [0.15, 0.2) is 0 Å². The van der Waals surface area contributed by atoms with Crippen molar-refractivity contribution in [1.29, 1.82) is 0 Å². The highest BCUT2D eigenvalue weighted by atomic mass is 16.5. The first-order valence-corrected chi connectivity index (χ1v) is 7.46. The van der Waals surface area contributed by atoms with Gasteiger partial charge in [-0.3, -0.25) is 9.59 Å². The predicted molar refractivity (Wildman–Crippen MR) is 81.6 cm³/mol. The third-order valence-corrected chi connectivity index (χ3v) is 4.69. The lowest BCUT2D eigenvalue weighted by molar-refractivity contribution is -0.151. The Morgan fingerprint density at radius 2 is 1.68 bits per heavy atom. The summed E-state index contributed by atoms with van der Waals surface area (Å²) in [6.07, 6.45) is 5.70. The Balaban J connectivity index is 1.78. The van der Waals surface area contributed by atoms with Gasteiger partial charge in [0.05, 0.1) is 18.9 Å². The van der Waals surface area contributed by atoms with Crippen molar-refractivity contribution in [2.45, 2.75) is 12.8 Å². The van der Waals surface area contributed by atoms with Crippen molar-refractivity contribution >= 4 is 17.6 Å². The average Bonchev–Trinajstić information content (AvgIpc) is 2.55. The van der Waals surface area contributed by atoms with Crippen molar-refractivity contribution < 1.29 is 19.4 Å². The molecule has 1 fully saturated rings. The number of carbonyl (C=O) groups excluding carboxylic acids is 1. The molecule has 4 atom stereocenters. The lowest BCUT2D eigenvalue weighted by Crippen LogP contribution is -2.47. The molecule has 4 rings (SSSR count). The van der Waals surface area contributed by atoms with Gasteiger partial charge in [0.1, 0.15) is 5.75 Å². The van der Waals surface area contributed by atoms with E-state index in [1.54, 1.807) is 31.4 Å². The standard InChI is InChI=1S/C17H19NO4/c1-22-13-8-6-12(7-9-13)18-16(19)14-10-2-4-11(5-3-10)15(14)17(20)21/h2,4,6-11,14-15H,3,5H2,1H3,(H,18,19)(H,20,21)/t10-,11+,14+,15+/m1/s1. The third kappa shape index (κ3) is 2.58. The molecule has 0 spiro atoms. The molecule has 2 N–H and O–H groups in total. The van der Waals surface area contributed by atoms with Crippen LogP contribution < -0.4 is 10.1 Å². The second-order valence-electron chi connectivity index (χ2n) is 5.90. The van der Waals surface area contributed by atoms with Gasteiger partial charge in [-0.15, -0.1) is 0 Å². The lowest BCUT2D eigenvalue weighted by atomic mass is 9.62. The zero-order chi connectivity index (χ0) is 15.7. The first kappa shape index (κ1) is 14.6. The van der Waals surface area contributed by atoms with E-state index in [2.05, 4.69) is 5.32 Å². The van der Waals surface area contributed by atoms with Crippen LogP contribution in [0.1, 0.15) is 12.8 Å². The van der Waals surface area contributed by atoms with Crippen LogP contribution in [0.25, 0.3) is 0 Å². The largest absolute Gasteiger partial charge is 0.497 e. The summed E-state index contributed by atoms with van der Waals surface area (Å²) < 4.78 is 5.08. The van der Waals surface area contributed by atoms with Gasteiger partial charge in [-0.25, -0.2) is 0 Å². The molecule has 0 aromatic heterocycles. The molecule has 0 radical (unpaired) electrons. The fourth-order valence-electron chi connectivity index (χ4n) is 3.59. The van der Waals surface area contributed by atoms with Crippen LogP contribution in [-0.4, -0.2) is 24.1 Å². The van der Waals surface area contributed by atoms with Gasteiger partial charge in [0, 0.05) is 5.69 Å². The number of amides is 1. The maximum Gasteiger partial charge on any atom is 0.307 e. The van der Waals surface area contributed by atoms with Crippen LogP contribution in [0.5, 0.6) is 5.75 Å². The minimum absolute atomic E-state index is 0.0179. The summed E-state index contributed by atoms with van der Waals surface area (Å²) in [6.45, 7) is 0. The highest BCUT2D eigenvalue weighted by Gasteiger charge is 2.48. The minimum atomic E-state index is -0.881. The number of carbonyl (C=O) groups is 2. The Hall–Kier alpha value is -2.30. The molecule has 0 unspecified atom stereocenters. The normalized spacial score (nSPS) is 29.1. The first-order chi connectivity index (χ1) is 10.6. The summed E-state index contributed by atoms with van der Waals surface area (Å²) in [5.41, 5.74) is 0.653. The van der Waals surface area contributed by atoms with Crippen molar-refractivity contribution in [2.75, 3.05) is 12.4 Å². The number of allylic oxidation sites excluding steroid dienone is 2. The summed E-state index contributed by atoms with van der Waals surface area (Å²) in [6, 6.07) is 7.03. The number of benzene rings is 1. The number of fused-ring (bicyclic) bond motifs is 2. The number of ether oxygens (including phenoxy) is 1. The fraction of sp³-hybridized carbons (Fsp3) is 0.412. The third-order valence-electron chi connectivity index (χ3n) is 4.69. The number of hydrogen-bond acceptors (Lipinski definition) is 3. The van der Waals surface area contributed by atoms with Crippen LogP contribution in [0.3, 0.4) is 0 Å². The Kier molecular flexibility index (Phi) is 3.88. The van der Waals surface area contributed by atoms with Crippen LogP contribution in [-0.2, 0) is 9.59 Å². The summed E-state index contributed by atoms with van der Waals surface area (Å²) in [5.74, 6) is -1.52. The molecule has 0 saturated heterocycles. The molecule has 5 nitrogen and oxygen atoms in total. The van der Waals surface area contributed by atoms with E-state index in [0.29, 0.717) is 11.4 Å². The fourth-order valence-corrected chi connectivity index (χ4v) is 3.59. The number of carboxylic acids is 1. The highest BCUT2D eigenvalue weighted by molar-refractivity contribution is 5.96. The molecule has 3 aliphatic rings. The van der Waals surface area contributed by atoms with E-state index >= 15 is 0 Å². The Bertz CT molecular complexity index is 608. The maximum atomic E-state index is 12.6. The predicted octanol–water partition coefficient (Wildman–Crippen LogP) is 2.55. The Labute approximate surface area is 129 Å². The molecule has 22 heavy (non-hydrogen) atoms. The molecule has 5 heteroatoms. The number of nitrogens with one attached hydrogen (secondary N) is 1. The van der Waals surface area contributed by atoms with E-state index in [1.165, 1.54) is 0 Å². The van der Waals surface area contributed by atoms with Gasteiger partial charge in [0.2, 0.25) is 5.91 Å². The van der Waals surface area contributed by atoms with Crippen LogP contribution >= 0.6 is 0 Å². The average molecular weight is 301 g/mol. The summed E-state index contributed by atoms with van der Waals surface area (Å²) in [7, 11) is 1.58. The van der Waals surface area contributed by atoms with E-state index in [-0.39, 0.29) is 17.7 Å². The van der Waals surface area contributed by atoms with E-state index < -0.39 is 17.8 Å². The molecule has 0 heterocycles. The molecular formula is C17H19NO4. The SMILES string of the molecule is COc1ccc(NC(=O)[C@@H]2[C@@H](C(=O)O)[C@H]3C=C[C@@H]2CC3)cc1. The van der Waals surface area contributed by atoms with E-state index in [4.69, 9.17) is 4.74 Å². The Morgan fingerprint density at radius 1 is 1.09 bits per heavy atom. The molecule has 2 bridgehead atoms. The van der Waals surface area contributed by atoms with Crippen LogP contribution in [0.4, 0.5) is 5.69 Å². The number of anilines is 1. The summed E-state index contributed by atoms with van der Waals surface area (Å²) in [5, 5.41) is 12.3. The summed E-state index contributed by atoms with van der Waals surface area (Å²) in [4.78, 5) is 24.2. The van der Waals surface area contributed by atoms with E-state index in [1.807, 2.05) is 12.2 Å². The molecule has 1 aromatic carbocycles. The van der Waals surface area contributed by atoms with Gasteiger partial charge >= 0.3 is 5.97 Å². The van der Waals surface area contributed by atoms with E-state index in [0.717, 1.165) is 12.8 Å². The second-order valence-corrected chi connectivity index (χ2v) is 5.90. The molecule has 3 aliphatic carbocycles. The molecule has 116 valence electrons. The van der Waals surface area contributed by atoms with Gasteiger partial charge in [0.25, 0.3) is 0 Å². The van der Waals surface area contributed by atoms with Gasteiger partial charge in [-0.1, -0.05) is 12.2 Å². The number of hydrogen-bond donors (Lipinski definition) is 2. The lowest BCUT2D eigenvalue weighted by Gasteiger charge is -2.41. The van der Waals surface area contributed by atoms with Crippen LogP contribution in [0.2, 0.25) is 0 Å². The van der Waals surface area contributed by atoms with Crippen molar-refractivity contribution in [1.82, 2.24) is 0 Å². The zero-order valence-electron chi connectivity index (χ0n) is 12.4. The maximum absolute atomic E-state index is 12.6. The smallest absolute Gasteiger partial charge is 0.307 e. The monoisotopic (exact) mass is 301 g/mol. The molecule has 1 aromatic rings. The van der Waals surface area contributed by atoms with E-state index in [9.17, 15) is 14.7 Å². The summed E-state index contributed by atoms with van der Waals surface area (Å²) >= 11 is 0. The topological polar surface area (TPSA) is 75.6 Å². The van der Waals surface area contributed by atoms with Crippen molar-refractivity contribution in [3.05, 3.63) is 36.4 Å². The van der Waals surface area contributed by atoms with Gasteiger partial charge in [-0.2, -0.15) is 0 Å². The minimum Gasteiger partial charge on any atom is -0.497 e. The van der Waals surface area contributed by atoms with Crippen molar-refractivity contribution in [3.8, 4) is 5.75 Å². The molecule has 0 aliphatic heterocycles. The quantitative estimate of drug-likeness (QED) is 0.838. The van der Waals surface area contributed by atoms with Gasteiger partial charge in [-0.05, 0) is 48.9 Å². The van der Waals surface area contributed by atoms with Crippen molar-refractivity contribution in [3.63, 3.8) is 0 Å². The zero-order valence-corrected chi connectivity index (χ0v) is 12.4. The first-order valence-electron chi connectivity index (χ1n) is 7.46. The number of aliphatic carboxylic acids is 1. The number of rotatable bonds is 4. The van der Waals surface area contributed by atoms with Crippen LogP contribution in [0.15, 0.2) is 36.4 Å². The number of carboxylic acid groups (broad SMARTS) is 1.